The molecule has 11 heavy (non-hydrogen) atoms. The van der Waals surface area contributed by atoms with Crippen LogP contribution in [-0.2, 0) is 9.53 Å². The van der Waals surface area contributed by atoms with E-state index in [1.54, 1.807) is 0 Å². The largest absolute Gasteiger partial charge is 0.462 e. The molecule has 1 saturated carbocycles. The molecule has 0 aliphatic heterocycles. The van der Waals surface area contributed by atoms with E-state index in [0.29, 0.717) is 12.8 Å². The second-order valence-corrected chi connectivity index (χ2v) is 3.19. The molecule has 1 aliphatic rings. The van der Waals surface area contributed by atoms with E-state index in [1.165, 1.54) is 6.92 Å². The second-order valence-electron chi connectivity index (χ2n) is 3.19. The van der Waals surface area contributed by atoms with E-state index >= 15 is 0 Å². The summed E-state index contributed by atoms with van der Waals surface area (Å²) < 4.78 is 17.6. The van der Waals surface area contributed by atoms with Crippen LogP contribution in [-0.4, -0.2) is 18.2 Å². The second kappa shape index (κ2) is 3.20. The molecule has 64 valence electrons. The third-order valence-electron chi connectivity index (χ3n) is 2.07. The molecule has 0 heterocycles. The molecule has 1 unspecified atom stereocenters. The minimum atomic E-state index is -0.783. The predicted octanol–water partition coefficient (Wildman–Crippen LogP) is 1.69. The van der Waals surface area contributed by atoms with Gasteiger partial charge in [-0.2, -0.15) is 0 Å². The van der Waals surface area contributed by atoms with Crippen molar-refractivity contribution in [3.05, 3.63) is 0 Å². The number of ether oxygens (including phenoxy) is 1. The highest BCUT2D eigenvalue weighted by Gasteiger charge is 2.33. The van der Waals surface area contributed by atoms with Gasteiger partial charge in [-0.05, 0) is 12.3 Å². The van der Waals surface area contributed by atoms with Crippen molar-refractivity contribution in [3.63, 3.8) is 0 Å². The van der Waals surface area contributed by atoms with Crippen LogP contribution in [0, 0.1) is 5.92 Å². The maximum atomic E-state index is 12.7. The molecule has 2 nitrogen and oxygen atoms in total. The van der Waals surface area contributed by atoms with E-state index < -0.39 is 6.17 Å². The third-order valence-corrected chi connectivity index (χ3v) is 2.07. The summed E-state index contributed by atoms with van der Waals surface area (Å²) in [6.45, 7) is 3.27. The molecule has 0 bridgehead atoms. The van der Waals surface area contributed by atoms with Crippen molar-refractivity contribution < 1.29 is 13.9 Å². The zero-order valence-electron chi connectivity index (χ0n) is 6.84. The van der Waals surface area contributed by atoms with Crippen LogP contribution >= 0.6 is 0 Å². The summed E-state index contributed by atoms with van der Waals surface area (Å²) in [4.78, 5) is 10.5. The quantitative estimate of drug-likeness (QED) is 0.545. The van der Waals surface area contributed by atoms with Crippen LogP contribution in [0.15, 0.2) is 0 Å². The molecule has 0 aromatic carbocycles. The molecule has 1 rings (SSSR count). The summed E-state index contributed by atoms with van der Waals surface area (Å²) in [6, 6.07) is 0. The molecule has 0 saturated heterocycles. The van der Waals surface area contributed by atoms with Gasteiger partial charge in [-0.1, -0.05) is 6.92 Å². The number of halogens is 1. The lowest BCUT2D eigenvalue weighted by Crippen LogP contribution is -2.18. The summed E-state index contributed by atoms with van der Waals surface area (Å²) in [6.07, 6.45) is -0.0737. The third kappa shape index (κ3) is 2.17. The van der Waals surface area contributed by atoms with Gasteiger partial charge in [-0.3, -0.25) is 4.79 Å². The van der Waals surface area contributed by atoms with Crippen LogP contribution in [0.25, 0.3) is 0 Å². The van der Waals surface area contributed by atoms with E-state index in [0.717, 1.165) is 0 Å². The maximum Gasteiger partial charge on any atom is 0.302 e. The Labute approximate surface area is 65.7 Å². The van der Waals surface area contributed by atoms with Crippen molar-refractivity contribution >= 4 is 5.97 Å². The average Bonchev–Trinajstić information content (AvgIpc) is 2.09. The molecular formula is C8H13FO2. The average molecular weight is 160 g/mol. The van der Waals surface area contributed by atoms with Crippen LogP contribution < -0.4 is 0 Å². The maximum absolute atomic E-state index is 12.7. The summed E-state index contributed by atoms with van der Waals surface area (Å²) in [5, 5.41) is 0. The standard InChI is InChI=1S/C8H13FO2/c1-5-3-7(9)4-8(5)11-6(2)10/h5,7-8H,3-4H2,1-2H3/t5?,7-,8-/m0/s1. The van der Waals surface area contributed by atoms with Gasteiger partial charge < -0.3 is 4.74 Å². The summed E-state index contributed by atoms with van der Waals surface area (Å²) in [5.74, 6) is -0.134. The summed E-state index contributed by atoms with van der Waals surface area (Å²) in [5.41, 5.74) is 0. The van der Waals surface area contributed by atoms with E-state index in [9.17, 15) is 9.18 Å². The number of alkyl halides is 1. The number of hydrogen-bond donors (Lipinski definition) is 0. The lowest BCUT2D eigenvalue weighted by molar-refractivity contribution is -0.147. The Kier molecular flexibility index (Phi) is 2.47. The van der Waals surface area contributed by atoms with Gasteiger partial charge in [0.1, 0.15) is 12.3 Å². The van der Waals surface area contributed by atoms with Gasteiger partial charge in [-0.15, -0.1) is 0 Å². The van der Waals surface area contributed by atoms with E-state index in [1.807, 2.05) is 6.92 Å². The van der Waals surface area contributed by atoms with Crippen LogP contribution in [0.2, 0.25) is 0 Å². The molecule has 0 amide bonds. The number of carbonyl (C=O) groups is 1. The fourth-order valence-corrected chi connectivity index (χ4v) is 1.51. The van der Waals surface area contributed by atoms with Crippen molar-refractivity contribution in [2.24, 2.45) is 5.92 Å². The highest BCUT2D eigenvalue weighted by atomic mass is 19.1. The van der Waals surface area contributed by atoms with Crippen molar-refractivity contribution in [3.8, 4) is 0 Å². The lowest BCUT2D eigenvalue weighted by atomic mass is 10.1. The molecule has 1 fully saturated rings. The zero-order valence-corrected chi connectivity index (χ0v) is 6.84. The molecule has 0 N–H and O–H groups in total. The Morgan fingerprint density at radius 2 is 2.18 bits per heavy atom. The molecule has 0 aromatic heterocycles. The number of esters is 1. The Hall–Kier alpha value is -0.600. The van der Waals surface area contributed by atoms with Crippen molar-refractivity contribution in [1.29, 1.82) is 0 Å². The highest BCUT2D eigenvalue weighted by Crippen LogP contribution is 2.30. The van der Waals surface area contributed by atoms with Crippen LogP contribution in [0.1, 0.15) is 26.7 Å². The van der Waals surface area contributed by atoms with Gasteiger partial charge in [0, 0.05) is 13.3 Å². The van der Waals surface area contributed by atoms with Gasteiger partial charge in [0.05, 0.1) is 0 Å². The Balaban J connectivity index is 2.40. The normalized spacial score (nSPS) is 37.2. The first-order chi connectivity index (χ1) is 5.09. The Morgan fingerprint density at radius 1 is 1.55 bits per heavy atom. The zero-order chi connectivity index (χ0) is 8.43. The van der Waals surface area contributed by atoms with E-state index in [2.05, 4.69) is 0 Å². The van der Waals surface area contributed by atoms with Gasteiger partial charge >= 0.3 is 5.97 Å². The molecule has 0 radical (unpaired) electrons. The first-order valence-corrected chi connectivity index (χ1v) is 3.91. The van der Waals surface area contributed by atoms with E-state index in [-0.39, 0.29) is 18.0 Å². The summed E-state index contributed by atoms with van der Waals surface area (Å²) in [7, 11) is 0. The monoisotopic (exact) mass is 160 g/mol. The minimum absolute atomic E-state index is 0.175. The topological polar surface area (TPSA) is 26.3 Å². The van der Waals surface area contributed by atoms with Gasteiger partial charge in [0.15, 0.2) is 0 Å². The van der Waals surface area contributed by atoms with Crippen LogP contribution in [0.4, 0.5) is 4.39 Å². The molecule has 1 aliphatic carbocycles. The summed E-state index contributed by atoms with van der Waals surface area (Å²) >= 11 is 0. The smallest absolute Gasteiger partial charge is 0.302 e. The molecule has 3 heteroatoms. The van der Waals surface area contributed by atoms with Crippen molar-refractivity contribution in [2.45, 2.75) is 39.0 Å². The van der Waals surface area contributed by atoms with Crippen molar-refractivity contribution in [1.82, 2.24) is 0 Å². The highest BCUT2D eigenvalue weighted by molar-refractivity contribution is 5.66. The van der Waals surface area contributed by atoms with Gasteiger partial charge in [0.25, 0.3) is 0 Å². The first-order valence-electron chi connectivity index (χ1n) is 3.91. The number of hydrogen-bond acceptors (Lipinski definition) is 2. The van der Waals surface area contributed by atoms with E-state index in [4.69, 9.17) is 4.74 Å². The van der Waals surface area contributed by atoms with Crippen LogP contribution in [0.5, 0.6) is 0 Å². The van der Waals surface area contributed by atoms with Gasteiger partial charge in [0.2, 0.25) is 0 Å². The van der Waals surface area contributed by atoms with Crippen LogP contribution in [0.3, 0.4) is 0 Å². The molecule has 0 spiro atoms. The Bertz CT molecular complexity index is 158. The van der Waals surface area contributed by atoms with Crippen molar-refractivity contribution in [2.75, 3.05) is 0 Å². The SMILES string of the molecule is CC(=O)O[C@H]1C[C@@H](F)CC1C. The molecular weight excluding hydrogens is 147 g/mol. The van der Waals surface area contributed by atoms with Gasteiger partial charge in [-0.25, -0.2) is 4.39 Å². The number of rotatable bonds is 1. The minimum Gasteiger partial charge on any atom is -0.462 e. The molecule has 0 aromatic rings. The predicted molar refractivity (Wildman–Crippen MR) is 38.8 cm³/mol. The Morgan fingerprint density at radius 3 is 2.55 bits per heavy atom. The lowest BCUT2D eigenvalue weighted by Gasteiger charge is -2.13. The number of carbonyl (C=O) groups excluding carboxylic acids is 1. The fourth-order valence-electron chi connectivity index (χ4n) is 1.51. The first kappa shape index (κ1) is 8.50. The molecule has 3 atom stereocenters. The fraction of sp³-hybridized carbons (Fsp3) is 0.875.